The maximum absolute atomic E-state index is 10.1. The molecule has 0 spiro atoms. The summed E-state index contributed by atoms with van der Waals surface area (Å²) >= 11 is 0. The molecule has 0 aromatic heterocycles. The van der Waals surface area contributed by atoms with Gasteiger partial charge in [-0.05, 0) is 45.0 Å². The summed E-state index contributed by atoms with van der Waals surface area (Å²) in [5.41, 5.74) is -0.290. The first-order valence-electron chi connectivity index (χ1n) is 7.65. The Morgan fingerprint density at radius 3 is 2.14 bits per heavy atom. The molecule has 124 valence electrons. The molecule has 0 aromatic rings. The van der Waals surface area contributed by atoms with Gasteiger partial charge in [-0.3, -0.25) is 0 Å². The van der Waals surface area contributed by atoms with Crippen molar-refractivity contribution < 1.29 is 19.0 Å². The zero-order valence-electron chi connectivity index (χ0n) is 14.8. The summed E-state index contributed by atoms with van der Waals surface area (Å²) < 4.78 is 17.8. The third-order valence-electron chi connectivity index (χ3n) is 4.04. The van der Waals surface area contributed by atoms with E-state index in [1.165, 1.54) is 0 Å². The van der Waals surface area contributed by atoms with Gasteiger partial charge in [-0.15, -0.1) is 0 Å². The molecule has 21 heavy (non-hydrogen) atoms. The van der Waals surface area contributed by atoms with Crippen molar-refractivity contribution in [3.8, 4) is 0 Å². The fourth-order valence-corrected chi connectivity index (χ4v) is 2.70. The molecule has 1 N–H and O–H groups in total. The van der Waals surface area contributed by atoms with E-state index in [9.17, 15) is 5.11 Å². The van der Waals surface area contributed by atoms with E-state index in [1.54, 1.807) is 12.2 Å². The van der Waals surface area contributed by atoms with Crippen LogP contribution in [0.5, 0.6) is 0 Å². The van der Waals surface area contributed by atoms with Crippen LogP contribution in [0.25, 0.3) is 0 Å². The first-order chi connectivity index (χ1) is 9.32. The summed E-state index contributed by atoms with van der Waals surface area (Å²) in [6.45, 7) is 17.3. The van der Waals surface area contributed by atoms with Crippen molar-refractivity contribution >= 4 is 8.32 Å². The first kappa shape index (κ1) is 18.8. The zero-order valence-corrected chi connectivity index (χ0v) is 15.8. The van der Waals surface area contributed by atoms with E-state index in [0.29, 0.717) is 6.61 Å². The number of aliphatic hydroxyl groups is 1. The summed E-state index contributed by atoms with van der Waals surface area (Å²) in [4.78, 5) is 0. The highest BCUT2D eigenvalue weighted by Gasteiger charge is 2.39. The number of rotatable bonds is 4. The van der Waals surface area contributed by atoms with Gasteiger partial charge in [0.2, 0.25) is 0 Å². The van der Waals surface area contributed by atoms with E-state index < -0.39 is 20.7 Å². The van der Waals surface area contributed by atoms with Crippen LogP contribution >= 0.6 is 0 Å². The van der Waals surface area contributed by atoms with Gasteiger partial charge < -0.3 is 19.0 Å². The van der Waals surface area contributed by atoms with Crippen LogP contribution in [0, 0.1) is 0 Å². The maximum atomic E-state index is 10.1. The topological polar surface area (TPSA) is 47.9 Å². The second-order valence-electron chi connectivity index (χ2n) is 8.22. The Morgan fingerprint density at radius 1 is 1.10 bits per heavy atom. The molecule has 0 fully saturated rings. The number of aliphatic hydroxyl groups excluding tert-OH is 1. The SMILES string of the molecule is CC(C)(C)O[C@@H]1C=C[C@H](O)[C@@H](CO[Si](C)(C)C(C)(C)C)O1. The Bertz CT molecular complexity index is 365. The van der Waals surface area contributed by atoms with Gasteiger partial charge in [0.25, 0.3) is 0 Å². The average molecular weight is 317 g/mol. The highest BCUT2D eigenvalue weighted by molar-refractivity contribution is 6.74. The fourth-order valence-electron chi connectivity index (χ4n) is 1.69. The van der Waals surface area contributed by atoms with Crippen LogP contribution in [0.1, 0.15) is 41.5 Å². The second-order valence-corrected chi connectivity index (χ2v) is 13.0. The normalized spacial score (nSPS) is 28.0. The van der Waals surface area contributed by atoms with Gasteiger partial charge in [0, 0.05) is 0 Å². The van der Waals surface area contributed by atoms with E-state index in [4.69, 9.17) is 13.9 Å². The van der Waals surface area contributed by atoms with Crippen molar-refractivity contribution in [1.82, 2.24) is 0 Å². The van der Waals surface area contributed by atoms with Crippen molar-refractivity contribution in [2.75, 3.05) is 6.61 Å². The molecule has 1 aliphatic rings. The second kappa shape index (κ2) is 6.50. The molecule has 0 unspecified atom stereocenters. The molecular formula is C16H32O4Si. The number of ether oxygens (including phenoxy) is 2. The Morgan fingerprint density at radius 2 is 1.67 bits per heavy atom. The Hall–Kier alpha value is -0.203. The van der Waals surface area contributed by atoms with Gasteiger partial charge in [0.1, 0.15) is 12.2 Å². The minimum absolute atomic E-state index is 0.143. The molecule has 0 aliphatic carbocycles. The van der Waals surface area contributed by atoms with Crippen molar-refractivity contribution in [2.24, 2.45) is 0 Å². The van der Waals surface area contributed by atoms with Crippen molar-refractivity contribution in [3.05, 3.63) is 12.2 Å². The molecule has 3 atom stereocenters. The lowest BCUT2D eigenvalue weighted by Gasteiger charge is -2.39. The number of hydrogen-bond donors (Lipinski definition) is 1. The van der Waals surface area contributed by atoms with Gasteiger partial charge in [-0.25, -0.2) is 0 Å². The molecule has 1 aliphatic heterocycles. The molecule has 0 amide bonds. The smallest absolute Gasteiger partial charge is 0.192 e. The van der Waals surface area contributed by atoms with E-state index in [1.807, 2.05) is 20.8 Å². The highest BCUT2D eigenvalue weighted by atomic mass is 28.4. The van der Waals surface area contributed by atoms with Crippen molar-refractivity contribution in [3.63, 3.8) is 0 Å². The van der Waals surface area contributed by atoms with Crippen LogP contribution in [0.4, 0.5) is 0 Å². The molecule has 4 nitrogen and oxygen atoms in total. The minimum atomic E-state index is -1.84. The van der Waals surface area contributed by atoms with Crippen LogP contribution in [0.15, 0.2) is 12.2 Å². The van der Waals surface area contributed by atoms with Gasteiger partial charge in [0.15, 0.2) is 14.6 Å². The Balaban J connectivity index is 2.61. The lowest BCUT2D eigenvalue weighted by Crippen LogP contribution is -2.47. The van der Waals surface area contributed by atoms with Gasteiger partial charge in [-0.2, -0.15) is 0 Å². The van der Waals surface area contributed by atoms with Crippen LogP contribution in [0.2, 0.25) is 18.1 Å². The summed E-state index contributed by atoms with van der Waals surface area (Å²) in [5, 5.41) is 10.2. The van der Waals surface area contributed by atoms with Crippen molar-refractivity contribution in [1.29, 1.82) is 0 Å². The first-order valence-corrected chi connectivity index (χ1v) is 10.6. The summed E-state index contributed by atoms with van der Waals surface area (Å²) in [6, 6.07) is 0. The standard InChI is InChI=1S/C16H32O4Si/c1-15(2,3)20-14-10-9-12(17)13(19-14)11-18-21(7,8)16(4,5)6/h9-10,12-14,17H,11H2,1-8H3/t12-,13+,14+/m0/s1. The van der Waals surface area contributed by atoms with Crippen LogP contribution < -0.4 is 0 Å². The van der Waals surface area contributed by atoms with Crippen LogP contribution in [-0.4, -0.2) is 44.1 Å². The molecule has 0 saturated carbocycles. The molecule has 1 heterocycles. The Labute approximate surface area is 130 Å². The average Bonchev–Trinajstić information content (AvgIpc) is 2.26. The van der Waals surface area contributed by atoms with E-state index in [2.05, 4.69) is 33.9 Å². The van der Waals surface area contributed by atoms with Gasteiger partial charge in [-0.1, -0.05) is 26.8 Å². The van der Waals surface area contributed by atoms with E-state index >= 15 is 0 Å². The van der Waals surface area contributed by atoms with Gasteiger partial charge >= 0.3 is 0 Å². The molecule has 0 bridgehead atoms. The molecular weight excluding hydrogens is 284 g/mol. The molecule has 0 radical (unpaired) electrons. The monoisotopic (exact) mass is 316 g/mol. The van der Waals surface area contributed by atoms with Crippen LogP contribution in [0.3, 0.4) is 0 Å². The summed E-state index contributed by atoms with van der Waals surface area (Å²) in [6.07, 6.45) is 2.05. The third-order valence-corrected chi connectivity index (χ3v) is 8.54. The lowest BCUT2D eigenvalue weighted by atomic mass is 10.1. The predicted molar refractivity (Wildman–Crippen MR) is 87.8 cm³/mol. The zero-order chi connectivity index (χ0) is 16.5. The van der Waals surface area contributed by atoms with Crippen molar-refractivity contribution in [2.45, 2.75) is 83.8 Å². The molecule has 0 saturated heterocycles. The fraction of sp³-hybridized carbons (Fsp3) is 0.875. The minimum Gasteiger partial charge on any atom is -0.414 e. The molecule has 0 aromatic carbocycles. The Kier molecular flexibility index (Phi) is 5.84. The van der Waals surface area contributed by atoms with E-state index in [-0.39, 0.29) is 16.7 Å². The quantitative estimate of drug-likeness (QED) is 0.637. The molecule has 1 rings (SSSR count). The highest BCUT2D eigenvalue weighted by Crippen LogP contribution is 2.37. The largest absolute Gasteiger partial charge is 0.414 e. The maximum Gasteiger partial charge on any atom is 0.192 e. The van der Waals surface area contributed by atoms with E-state index in [0.717, 1.165) is 0 Å². The predicted octanol–water partition coefficient (Wildman–Crippen LogP) is 3.47. The number of hydrogen-bond acceptors (Lipinski definition) is 4. The third kappa shape index (κ3) is 5.83. The summed E-state index contributed by atoms with van der Waals surface area (Å²) in [5.74, 6) is 0. The summed E-state index contributed by atoms with van der Waals surface area (Å²) in [7, 11) is -1.84. The lowest BCUT2D eigenvalue weighted by molar-refractivity contribution is -0.215. The van der Waals surface area contributed by atoms with Crippen LogP contribution in [-0.2, 0) is 13.9 Å². The molecule has 5 heteroatoms. The van der Waals surface area contributed by atoms with Gasteiger partial charge in [0.05, 0.1) is 12.2 Å².